The maximum Gasteiger partial charge on any atom is 0.183 e. The van der Waals surface area contributed by atoms with Crippen molar-refractivity contribution in [1.29, 1.82) is 0 Å². The second-order valence-electron chi connectivity index (χ2n) is 4.49. The third-order valence-corrected chi connectivity index (χ3v) is 3.96. The average Bonchev–Trinajstić information content (AvgIpc) is 3.09. The van der Waals surface area contributed by atoms with Crippen LogP contribution in [0.25, 0.3) is 22.2 Å². The van der Waals surface area contributed by atoms with Gasteiger partial charge in [-0.3, -0.25) is 0 Å². The molecule has 0 radical (unpaired) electrons. The van der Waals surface area contributed by atoms with Crippen LogP contribution in [0.4, 0.5) is 5.82 Å². The van der Waals surface area contributed by atoms with Gasteiger partial charge < -0.3 is 15.7 Å². The number of H-pyrrole nitrogens is 2. The Labute approximate surface area is 123 Å². The van der Waals surface area contributed by atoms with E-state index in [1.807, 2.05) is 24.3 Å². The number of imidazole rings is 2. The Bertz CT molecular complexity index is 893. The number of rotatable bonds is 3. The van der Waals surface area contributed by atoms with Crippen molar-refractivity contribution in [2.24, 2.45) is 0 Å². The molecule has 0 spiro atoms. The number of benzene rings is 1. The van der Waals surface area contributed by atoms with Crippen molar-refractivity contribution in [2.45, 2.75) is 10.9 Å². The molecule has 0 saturated heterocycles. The predicted octanol–water partition coefficient (Wildman–Crippen LogP) is 2.10. The summed E-state index contributed by atoms with van der Waals surface area (Å²) in [7, 11) is 0. The van der Waals surface area contributed by atoms with E-state index in [1.54, 1.807) is 0 Å². The second-order valence-corrected chi connectivity index (χ2v) is 5.45. The van der Waals surface area contributed by atoms with Crippen molar-refractivity contribution in [3.8, 4) is 0 Å². The Kier molecular flexibility index (Phi) is 2.74. The summed E-state index contributed by atoms with van der Waals surface area (Å²) in [6.45, 7) is 0. The summed E-state index contributed by atoms with van der Waals surface area (Å²) < 4.78 is 0. The number of anilines is 1. The zero-order chi connectivity index (χ0) is 14.2. The molecule has 0 unspecified atom stereocenters. The molecule has 4 rings (SSSR count). The lowest BCUT2D eigenvalue weighted by atomic mass is 10.3. The summed E-state index contributed by atoms with van der Waals surface area (Å²) in [5, 5.41) is 0.748. The highest BCUT2D eigenvalue weighted by Gasteiger charge is 2.09. The molecular formula is C13H11N7S. The molecule has 0 amide bonds. The highest BCUT2D eigenvalue weighted by atomic mass is 32.2. The molecule has 0 bridgehead atoms. The molecule has 0 atom stereocenters. The summed E-state index contributed by atoms with van der Waals surface area (Å²) in [6.07, 6.45) is 1.41. The SMILES string of the molecule is Nc1ncnc2nc(SCc3nc4ccccc4[nH]3)[nH]c12. The summed E-state index contributed by atoms with van der Waals surface area (Å²) in [6, 6.07) is 7.95. The lowest BCUT2D eigenvalue weighted by Crippen LogP contribution is -1.91. The summed E-state index contributed by atoms with van der Waals surface area (Å²) >= 11 is 1.54. The third kappa shape index (κ3) is 2.19. The van der Waals surface area contributed by atoms with Crippen LogP contribution in [-0.4, -0.2) is 29.9 Å². The fraction of sp³-hybridized carbons (Fsp3) is 0.0769. The number of para-hydroxylation sites is 2. The number of nitrogens with zero attached hydrogens (tertiary/aromatic N) is 4. The van der Waals surface area contributed by atoms with E-state index < -0.39 is 0 Å². The van der Waals surface area contributed by atoms with Crippen LogP contribution < -0.4 is 5.73 Å². The first-order chi connectivity index (χ1) is 10.3. The minimum Gasteiger partial charge on any atom is -0.382 e. The fourth-order valence-electron chi connectivity index (χ4n) is 2.10. The lowest BCUT2D eigenvalue weighted by molar-refractivity contribution is 1.06. The van der Waals surface area contributed by atoms with E-state index in [4.69, 9.17) is 5.73 Å². The Balaban J connectivity index is 1.58. The largest absolute Gasteiger partial charge is 0.382 e. The topological polar surface area (TPSA) is 109 Å². The van der Waals surface area contributed by atoms with E-state index in [9.17, 15) is 0 Å². The fourth-order valence-corrected chi connectivity index (χ4v) is 2.84. The second kappa shape index (κ2) is 4.74. The van der Waals surface area contributed by atoms with Gasteiger partial charge in [0.2, 0.25) is 0 Å². The first kappa shape index (κ1) is 12.2. The number of aromatic amines is 2. The van der Waals surface area contributed by atoms with Crippen molar-refractivity contribution >= 4 is 39.8 Å². The van der Waals surface area contributed by atoms with E-state index >= 15 is 0 Å². The minimum absolute atomic E-state index is 0.406. The van der Waals surface area contributed by atoms with Gasteiger partial charge in [0.25, 0.3) is 0 Å². The van der Waals surface area contributed by atoms with Crippen molar-refractivity contribution in [1.82, 2.24) is 29.9 Å². The number of thioether (sulfide) groups is 1. The van der Waals surface area contributed by atoms with Crippen molar-refractivity contribution in [2.75, 3.05) is 5.73 Å². The number of hydrogen-bond acceptors (Lipinski definition) is 6. The van der Waals surface area contributed by atoms with Crippen molar-refractivity contribution in [3.63, 3.8) is 0 Å². The smallest absolute Gasteiger partial charge is 0.183 e. The molecule has 3 heterocycles. The summed E-state index contributed by atoms with van der Waals surface area (Å²) in [5.41, 5.74) is 9.03. The lowest BCUT2D eigenvalue weighted by Gasteiger charge is -1.93. The molecule has 0 aliphatic rings. The van der Waals surface area contributed by atoms with Crippen LogP contribution in [0.2, 0.25) is 0 Å². The zero-order valence-corrected chi connectivity index (χ0v) is 11.7. The Morgan fingerprint density at radius 3 is 2.86 bits per heavy atom. The molecule has 0 aliphatic heterocycles. The van der Waals surface area contributed by atoms with Gasteiger partial charge in [0, 0.05) is 0 Å². The summed E-state index contributed by atoms with van der Waals surface area (Å²) in [5.74, 6) is 1.99. The van der Waals surface area contributed by atoms with E-state index in [-0.39, 0.29) is 0 Å². The van der Waals surface area contributed by atoms with E-state index in [1.165, 1.54) is 18.1 Å². The molecule has 0 aliphatic carbocycles. The molecule has 104 valence electrons. The maximum atomic E-state index is 5.78. The van der Waals surface area contributed by atoms with Crippen molar-refractivity contribution < 1.29 is 0 Å². The molecule has 7 nitrogen and oxygen atoms in total. The van der Waals surface area contributed by atoms with Gasteiger partial charge in [-0.25, -0.2) is 19.9 Å². The average molecular weight is 297 g/mol. The van der Waals surface area contributed by atoms with Crippen LogP contribution in [0.15, 0.2) is 35.7 Å². The summed E-state index contributed by atoms with van der Waals surface area (Å²) in [4.78, 5) is 23.3. The molecule has 8 heteroatoms. The highest BCUT2D eigenvalue weighted by molar-refractivity contribution is 7.98. The van der Waals surface area contributed by atoms with Crippen LogP contribution in [0.3, 0.4) is 0 Å². The number of fused-ring (bicyclic) bond motifs is 2. The standard InChI is InChI=1S/C13H11N7S/c14-11-10-12(16-6-15-11)20-13(19-10)21-5-9-17-7-3-1-2-4-8(7)18-9/h1-4,6H,5H2,(H,17,18)(H3,14,15,16,19,20). The van der Waals surface area contributed by atoms with E-state index in [0.29, 0.717) is 22.7 Å². The third-order valence-electron chi connectivity index (χ3n) is 3.08. The van der Waals surface area contributed by atoms with Gasteiger partial charge in [-0.2, -0.15) is 0 Å². The van der Waals surface area contributed by atoms with Crippen molar-refractivity contribution in [3.05, 3.63) is 36.4 Å². The van der Waals surface area contributed by atoms with Crippen LogP contribution in [0.5, 0.6) is 0 Å². The van der Waals surface area contributed by atoms with Crippen LogP contribution in [0, 0.1) is 0 Å². The van der Waals surface area contributed by atoms with Gasteiger partial charge in [0.15, 0.2) is 16.6 Å². The molecule has 0 saturated carbocycles. The van der Waals surface area contributed by atoms with Gasteiger partial charge in [-0.15, -0.1) is 0 Å². The molecule has 4 N–H and O–H groups in total. The highest BCUT2D eigenvalue weighted by Crippen LogP contribution is 2.23. The molecular weight excluding hydrogens is 286 g/mol. The molecule has 4 aromatic rings. The van der Waals surface area contributed by atoms with E-state index in [0.717, 1.165) is 22.0 Å². The molecule has 0 fully saturated rings. The number of nitrogen functional groups attached to an aromatic ring is 1. The number of nitrogens with one attached hydrogen (secondary N) is 2. The minimum atomic E-state index is 0.406. The zero-order valence-electron chi connectivity index (χ0n) is 10.9. The van der Waals surface area contributed by atoms with Gasteiger partial charge in [0.1, 0.15) is 17.7 Å². The number of nitrogens with two attached hydrogens (primary N) is 1. The Morgan fingerprint density at radius 2 is 2.00 bits per heavy atom. The van der Waals surface area contributed by atoms with Crippen LogP contribution in [-0.2, 0) is 5.75 Å². The van der Waals surface area contributed by atoms with Gasteiger partial charge in [0.05, 0.1) is 16.8 Å². The molecule has 21 heavy (non-hydrogen) atoms. The van der Waals surface area contributed by atoms with Gasteiger partial charge in [-0.05, 0) is 12.1 Å². The molecule has 3 aromatic heterocycles. The first-order valence-corrected chi connectivity index (χ1v) is 7.31. The first-order valence-electron chi connectivity index (χ1n) is 6.32. The quantitative estimate of drug-likeness (QED) is 0.500. The van der Waals surface area contributed by atoms with Gasteiger partial charge >= 0.3 is 0 Å². The van der Waals surface area contributed by atoms with Crippen LogP contribution >= 0.6 is 11.8 Å². The monoisotopic (exact) mass is 297 g/mol. The maximum absolute atomic E-state index is 5.78. The Hall–Kier alpha value is -2.61. The van der Waals surface area contributed by atoms with Crippen LogP contribution in [0.1, 0.15) is 5.82 Å². The Morgan fingerprint density at radius 1 is 1.10 bits per heavy atom. The predicted molar refractivity (Wildman–Crippen MR) is 81.8 cm³/mol. The van der Waals surface area contributed by atoms with E-state index in [2.05, 4.69) is 29.9 Å². The van der Waals surface area contributed by atoms with Gasteiger partial charge in [-0.1, -0.05) is 23.9 Å². The number of aromatic nitrogens is 6. The normalized spacial score (nSPS) is 11.4. The number of hydrogen-bond donors (Lipinski definition) is 3. The molecule has 1 aromatic carbocycles.